The molecule has 246 valence electrons. The molecular weight excluding hydrogens is 532 g/mol. The smallest absolute Gasteiger partial charge is 0.220 e. The molecular formula is C34H64N2O6. The van der Waals surface area contributed by atoms with Crippen molar-refractivity contribution < 1.29 is 28.6 Å². The van der Waals surface area contributed by atoms with Crippen LogP contribution in [0, 0.1) is 29.1 Å². The zero-order valence-corrected chi connectivity index (χ0v) is 27.7. The number of aldehydes is 1. The molecule has 8 nitrogen and oxygen atoms in total. The molecule has 2 amide bonds. The molecule has 4 atom stereocenters. The highest BCUT2D eigenvalue weighted by Crippen LogP contribution is 2.46. The minimum Gasteiger partial charge on any atom is -0.379 e. The van der Waals surface area contributed by atoms with Gasteiger partial charge in [-0.1, -0.05) is 73.1 Å². The number of hydrogen-bond acceptors (Lipinski definition) is 6. The van der Waals surface area contributed by atoms with Crippen molar-refractivity contribution in [2.24, 2.45) is 29.1 Å². The van der Waals surface area contributed by atoms with Gasteiger partial charge in [-0.2, -0.15) is 0 Å². The molecule has 2 N–H and O–H groups in total. The summed E-state index contributed by atoms with van der Waals surface area (Å²) in [5, 5.41) is 5.78. The molecule has 0 aromatic rings. The van der Waals surface area contributed by atoms with Gasteiger partial charge >= 0.3 is 0 Å². The Labute approximate surface area is 257 Å². The van der Waals surface area contributed by atoms with Gasteiger partial charge in [-0.25, -0.2) is 0 Å². The van der Waals surface area contributed by atoms with Gasteiger partial charge in [0.05, 0.1) is 26.4 Å². The maximum absolute atomic E-state index is 12.3. The first-order valence-electron chi connectivity index (χ1n) is 16.9. The molecule has 1 aliphatic rings. The monoisotopic (exact) mass is 596 g/mol. The number of carbonyl (C=O) groups is 3. The zero-order chi connectivity index (χ0) is 31.1. The molecule has 0 aliphatic heterocycles. The fraction of sp³-hybridized carbons (Fsp3) is 0.912. The van der Waals surface area contributed by atoms with Crippen molar-refractivity contribution in [2.75, 3.05) is 52.7 Å². The molecule has 0 radical (unpaired) electrons. The van der Waals surface area contributed by atoms with Gasteiger partial charge in [-0.05, 0) is 54.8 Å². The number of nitrogens with one attached hydrogen (secondary N) is 2. The van der Waals surface area contributed by atoms with E-state index in [9.17, 15) is 14.4 Å². The van der Waals surface area contributed by atoms with E-state index in [-0.39, 0.29) is 24.7 Å². The molecule has 0 spiro atoms. The van der Waals surface area contributed by atoms with Crippen molar-refractivity contribution in [1.29, 1.82) is 0 Å². The normalized spacial score (nSPS) is 19.6. The fourth-order valence-electron chi connectivity index (χ4n) is 6.25. The van der Waals surface area contributed by atoms with E-state index in [0.717, 1.165) is 43.3 Å². The Morgan fingerprint density at radius 1 is 0.833 bits per heavy atom. The van der Waals surface area contributed by atoms with Crippen LogP contribution in [0.2, 0.25) is 0 Å². The summed E-state index contributed by atoms with van der Waals surface area (Å²) >= 11 is 0. The van der Waals surface area contributed by atoms with E-state index < -0.39 is 0 Å². The Morgan fingerprint density at radius 3 is 2.00 bits per heavy atom. The average Bonchev–Trinajstić information content (AvgIpc) is 2.93. The van der Waals surface area contributed by atoms with E-state index in [4.69, 9.17) is 14.2 Å². The lowest BCUT2D eigenvalue weighted by molar-refractivity contribution is -0.122. The van der Waals surface area contributed by atoms with Gasteiger partial charge in [-0.3, -0.25) is 9.59 Å². The molecule has 0 bridgehead atoms. The van der Waals surface area contributed by atoms with Crippen LogP contribution in [0.1, 0.15) is 118 Å². The van der Waals surface area contributed by atoms with Crippen LogP contribution in [-0.4, -0.2) is 70.8 Å². The van der Waals surface area contributed by atoms with E-state index in [1.54, 1.807) is 0 Å². The van der Waals surface area contributed by atoms with Gasteiger partial charge < -0.3 is 29.6 Å². The van der Waals surface area contributed by atoms with Crippen LogP contribution in [0.25, 0.3) is 0 Å². The van der Waals surface area contributed by atoms with Crippen molar-refractivity contribution in [3.63, 3.8) is 0 Å². The lowest BCUT2D eigenvalue weighted by Gasteiger charge is -2.43. The van der Waals surface area contributed by atoms with Gasteiger partial charge in [0, 0.05) is 45.6 Å². The summed E-state index contributed by atoms with van der Waals surface area (Å²) in [4.78, 5) is 33.9. The molecule has 1 fully saturated rings. The molecule has 0 heterocycles. The molecule has 1 saturated carbocycles. The van der Waals surface area contributed by atoms with Crippen molar-refractivity contribution in [3.8, 4) is 0 Å². The van der Waals surface area contributed by atoms with Crippen LogP contribution in [0.4, 0.5) is 0 Å². The van der Waals surface area contributed by atoms with Crippen molar-refractivity contribution >= 4 is 18.1 Å². The van der Waals surface area contributed by atoms with Crippen molar-refractivity contribution in [3.05, 3.63) is 0 Å². The largest absolute Gasteiger partial charge is 0.379 e. The summed E-state index contributed by atoms with van der Waals surface area (Å²) < 4.78 is 16.5. The molecule has 1 rings (SSSR count). The number of hydrogen-bond donors (Lipinski definition) is 2. The first-order chi connectivity index (χ1) is 20.2. The summed E-state index contributed by atoms with van der Waals surface area (Å²) in [7, 11) is 0. The third-order valence-corrected chi connectivity index (χ3v) is 8.88. The van der Waals surface area contributed by atoms with Crippen molar-refractivity contribution in [1.82, 2.24) is 10.6 Å². The highest BCUT2D eigenvalue weighted by Gasteiger charge is 2.36. The third kappa shape index (κ3) is 19.6. The standard InChI is InChI=1S/C34H64N2O6/c1-28(15-16-31-30(3)13-7-17-34(31,4)5)11-6-12-29(2)27-33(39)36-19-10-22-41-24-26-42-25-23-40-21-9-18-35-32(38)14-8-20-37/h20,28-31H,6-19,21-27H2,1-5H3,(H,35,38)(H,36,39). The Balaban J connectivity index is 1.89. The van der Waals surface area contributed by atoms with E-state index in [1.165, 1.54) is 44.9 Å². The lowest BCUT2D eigenvalue weighted by Crippen LogP contribution is -2.33. The molecule has 1 aliphatic carbocycles. The van der Waals surface area contributed by atoms with Crippen molar-refractivity contribution in [2.45, 2.75) is 118 Å². The van der Waals surface area contributed by atoms with Gasteiger partial charge in [0.1, 0.15) is 6.29 Å². The highest BCUT2D eigenvalue weighted by atomic mass is 16.5. The first-order valence-corrected chi connectivity index (χ1v) is 16.9. The number of amides is 2. The second-order valence-corrected chi connectivity index (χ2v) is 13.3. The minimum absolute atomic E-state index is 0.105. The average molecular weight is 597 g/mol. The third-order valence-electron chi connectivity index (χ3n) is 8.88. The lowest BCUT2D eigenvalue weighted by atomic mass is 9.62. The van der Waals surface area contributed by atoms with E-state index in [2.05, 4.69) is 45.3 Å². The predicted molar refractivity (Wildman–Crippen MR) is 169 cm³/mol. The number of ether oxygens (including phenoxy) is 3. The Bertz CT molecular complexity index is 716. The quantitative estimate of drug-likeness (QED) is 0.0924. The topological polar surface area (TPSA) is 103 Å². The first kappa shape index (κ1) is 38.5. The van der Waals surface area contributed by atoms with Gasteiger partial charge in [0.2, 0.25) is 11.8 Å². The summed E-state index contributed by atoms with van der Waals surface area (Å²) in [6, 6.07) is 0. The van der Waals surface area contributed by atoms with E-state index >= 15 is 0 Å². The summed E-state index contributed by atoms with van der Waals surface area (Å²) in [6.07, 6.45) is 13.9. The maximum atomic E-state index is 12.3. The zero-order valence-electron chi connectivity index (χ0n) is 27.7. The highest BCUT2D eigenvalue weighted by molar-refractivity contribution is 5.78. The Kier molecular flexibility index (Phi) is 21.9. The molecule has 8 heteroatoms. The van der Waals surface area contributed by atoms with Crippen LogP contribution < -0.4 is 10.6 Å². The molecule has 42 heavy (non-hydrogen) atoms. The summed E-state index contributed by atoms with van der Waals surface area (Å²) in [5.41, 5.74) is 0.501. The van der Waals surface area contributed by atoms with E-state index in [0.29, 0.717) is 70.5 Å². The SMILES string of the molecule is CC(CCCC(C)CC(=O)NCCCOCCOCCOCCCNC(=O)CCC=O)CCC1C(C)CCCC1(C)C. The van der Waals surface area contributed by atoms with Gasteiger partial charge in [-0.15, -0.1) is 0 Å². The second-order valence-electron chi connectivity index (χ2n) is 13.3. The molecule has 0 aromatic heterocycles. The number of carbonyl (C=O) groups excluding carboxylic acids is 3. The maximum Gasteiger partial charge on any atom is 0.220 e. The number of rotatable bonds is 26. The fourth-order valence-corrected chi connectivity index (χ4v) is 6.25. The van der Waals surface area contributed by atoms with Crippen LogP contribution >= 0.6 is 0 Å². The van der Waals surface area contributed by atoms with Crippen LogP contribution in [0.15, 0.2) is 0 Å². The van der Waals surface area contributed by atoms with Crippen LogP contribution in [-0.2, 0) is 28.6 Å². The van der Waals surface area contributed by atoms with Gasteiger partial charge in [0.15, 0.2) is 0 Å². The molecule has 0 saturated heterocycles. The minimum atomic E-state index is -0.105. The summed E-state index contributed by atoms with van der Waals surface area (Å²) in [6.45, 7) is 16.4. The Morgan fingerprint density at radius 2 is 1.40 bits per heavy atom. The Hall–Kier alpha value is -1.51. The summed E-state index contributed by atoms with van der Waals surface area (Å²) in [5.74, 6) is 2.97. The van der Waals surface area contributed by atoms with E-state index in [1.807, 2.05) is 0 Å². The molecule has 4 unspecified atom stereocenters. The van der Waals surface area contributed by atoms with Crippen LogP contribution in [0.5, 0.6) is 0 Å². The molecule has 0 aromatic carbocycles. The second kappa shape index (κ2) is 23.9. The predicted octanol–water partition coefficient (Wildman–Crippen LogP) is 6.10. The van der Waals surface area contributed by atoms with Crippen LogP contribution in [0.3, 0.4) is 0 Å². The van der Waals surface area contributed by atoms with Gasteiger partial charge in [0.25, 0.3) is 0 Å².